The minimum Gasteiger partial charge on any atom is -0.497 e. The predicted molar refractivity (Wildman–Crippen MR) is 137 cm³/mol. The molecule has 0 saturated heterocycles. The maximum atomic E-state index is 13.0. The molecular formula is C27H28N2O5S. The third-order valence-corrected chi connectivity index (χ3v) is 7.40. The molecule has 0 radical (unpaired) electrons. The molecule has 0 aliphatic heterocycles. The van der Waals surface area contributed by atoms with E-state index in [2.05, 4.69) is 11.9 Å². The molecule has 1 aliphatic rings. The number of aryl methyl sites for hydroxylation is 1. The molecule has 4 aromatic rings. The summed E-state index contributed by atoms with van der Waals surface area (Å²) in [5, 5.41) is 0.753. The highest BCUT2D eigenvalue weighted by molar-refractivity contribution is 7.18. The number of methoxy groups -OCH3 is 2. The van der Waals surface area contributed by atoms with Crippen LogP contribution < -0.4 is 24.5 Å². The zero-order chi connectivity index (χ0) is 24.4. The van der Waals surface area contributed by atoms with Gasteiger partial charge in [0.2, 0.25) is 0 Å². The van der Waals surface area contributed by atoms with Crippen LogP contribution in [0, 0.1) is 5.92 Å². The first-order valence-corrected chi connectivity index (χ1v) is 12.5. The van der Waals surface area contributed by atoms with Gasteiger partial charge in [-0.05, 0) is 61.1 Å². The monoisotopic (exact) mass is 492 g/mol. The summed E-state index contributed by atoms with van der Waals surface area (Å²) in [6.07, 6.45) is 3.08. The van der Waals surface area contributed by atoms with E-state index in [1.165, 1.54) is 10.4 Å². The number of nitrogens with one attached hydrogen (secondary N) is 1. The standard InChI is InChI=1S/C27H28N2O5S/c1-16-7-9-20-23(13-16)35-27-24(20)26(30)28-25(29-27)17-8-10-21(22(14-17)32-3)34-12-11-33-19-6-4-5-18(15-19)31-2/h4-6,8,10,14-16H,7,9,11-13H2,1-3H3,(H,28,29,30)/t16-/m1/s1. The van der Waals surface area contributed by atoms with E-state index < -0.39 is 0 Å². The SMILES string of the molecule is COc1cccc(OCCOc2ccc(-c3nc4sc5c(c4c(=O)[nH]3)CC[C@@H](C)C5)cc2OC)c1. The van der Waals surface area contributed by atoms with Crippen molar-refractivity contribution in [1.82, 2.24) is 9.97 Å². The van der Waals surface area contributed by atoms with Gasteiger partial charge in [0.1, 0.15) is 35.4 Å². The van der Waals surface area contributed by atoms with Gasteiger partial charge in [-0.2, -0.15) is 0 Å². The first-order chi connectivity index (χ1) is 17.1. The number of nitrogens with zero attached hydrogens (tertiary/aromatic N) is 1. The topological polar surface area (TPSA) is 82.7 Å². The number of benzene rings is 2. The molecule has 0 fully saturated rings. The summed E-state index contributed by atoms with van der Waals surface area (Å²) in [5.74, 6) is 3.78. The van der Waals surface area contributed by atoms with Gasteiger partial charge < -0.3 is 23.9 Å². The van der Waals surface area contributed by atoms with Crippen molar-refractivity contribution in [3.05, 3.63) is 63.3 Å². The Bertz CT molecular complexity index is 1410. The molecule has 8 heteroatoms. The van der Waals surface area contributed by atoms with Crippen molar-refractivity contribution in [1.29, 1.82) is 0 Å². The predicted octanol–water partition coefficient (Wildman–Crippen LogP) is 5.25. The van der Waals surface area contributed by atoms with E-state index in [0.29, 0.717) is 42.2 Å². The van der Waals surface area contributed by atoms with Crippen LogP contribution in [-0.4, -0.2) is 37.4 Å². The van der Waals surface area contributed by atoms with Gasteiger partial charge in [-0.15, -0.1) is 11.3 Å². The van der Waals surface area contributed by atoms with Crippen LogP contribution in [0.4, 0.5) is 0 Å². The summed E-state index contributed by atoms with van der Waals surface area (Å²) in [4.78, 5) is 22.9. The van der Waals surface area contributed by atoms with Crippen LogP contribution in [0.3, 0.4) is 0 Å². The number of ether oxygens (including phenoxy) is 4. The molecule has 5 rings (SSSR count). The smallest absolute Gasteiger partial charge is 0.260 e. The first-order valence-electron chi connectivity index (χ1n) is 11.7. The van der Waals surface area contributed by atoms with Crippen LogP contribution in [0.1, 0.15) is 23.8 Å². The first kappa shape index (κ1) is 23.2. The minimum atomic E-state index is -0.0777. The molecule has 0 spiro atoms. The number of hydrogen-bond acceptors (Lipinski definition) is 7. The van der Waals surface area contributed by atoms with Gasteiger partial charge in [0, 0.05) is 16.5 Å². The molecule has 0 bridgehead atoms. The number of aromatic amines is 1. The van der Waals surface area contributed by atoms with Crippen LogP contribution in [-0.2, 0) is 12.8 Å². The second-order valence-electron chi connectivity index (χ2n) is 8.69. The van der Waals surface area contributed by atoms with Crippen LogP contribution in [0.2, 0.25) is 0 Å². The Balaban J connectivity index is 1.32. The summed E-state index contributed by atoms with van der Waals surface area (Å²) in [7, 11) is 3.21. The fraction of sp³-hybridized carbons (Fsp3) is 0.333. The highest BCUT2D eigenvalue weighted by Crippen LogP contribution is 2.37. The molecule has 182 valence electrons. The molecule has 0 unspecified atom stereocenters. The van der Waals surface area contributed by atoms with Crippen LogP contribution in [0.5, 0.6) is 23.0 Å². The Morgan fingerprint density at radius 2 is 1.86 bits per heavy atom. The molecule has 2 heterocycles. The highest BCUT2D eigenvalue weighted by atomic mass is 32.1. The second kappa shape index (κ2) is 10.00. The molecule has 35 heavy (non-hydrogen) atoms. The Labute approximate surface area is 207 Å². The van der Waals surface area contributed by atoms with Crippen molar-refractivity contribution in [3.63, 3.8) is 0 Å². The van der Waals surface area contributed by atoms with E-state index in [-0.39, 0.29) is 5.56 Å². The van der Waals surface area contributed by atoms with Crippen molar-refractivity contribution in [2.75, 3.05) is 27.4 Å². The van der Waals surface area contributed by atoms with Gasteiger partial charge >= 0.3 is 0 Å². The number of hydrogen-bond donors (Lipinski definition) is 1. The molecular weight excluding hydrogens is 464 g/mol. The molecule has 0 amide bonds. The fourth-order valence-electron chi connectivity index (χ4n) is 4.42. The lowest BCUT2D eigenvalue weighted by molar-refractivity contribution is 0.211. The quantitative estimate of drug-likeness (QED) is 0.338. The summed E-state index contributed by atoms with van der Waals surface area (Å²) in [6.45, 7) is 2.97. The van der Waals surface area contributed by atoms with Crippen LogP contribution in [0.25, 0.3) is 21.6 Å². The van der Waals surface area contributed by atoms with Gasteiger partial charge in [0.05, 0.1) is 19.6 Å². The summed E-state index contributed by atoms with van der Waals surface area (Å²) >= 11 is 1.64. The van der Waals surface area contributed by atoms with Crippen molar-refractivity contribution in [3.8, 4) is 34.4 Å². The lowest BCUT2D eigenvalue weighted by Gasteiger charge is -2.17. The second-order valence-corrected chi connectivity index (χ2v) is 9.77. The molecule has 2 aromatic carbocycles. The van der Waals surface area contributed by atoms with Gasteiger partial charge in [0.25, 0.3) is 5.56 Å². The number of H-pyrrole nitrogens is 1. The van der Waals surface area contributed by atoms with Gasteiger partial charge in [0.15, 0.2) is 11.5 Å². The van der Waals surface area contributed by atoms with Crippen molar-refractivity contribution in [2.24, 2.45) is 5.92 Å². The fourth-order valence-corrected chi connectivity index (χ4v) is 5.81. The molecule has 0 saturated carbocycles. The van der Waals surface area contributed by atoms with Gasteiger partial charge in [-0.25, -0.2) is 4.98 Å². The zero-order valence-electron chi connectivity index (χ0n) is 20.1. The Morgan fingerprint density at radius 3 is 2.69 bits per heavy atom. The third kappa shape index (κ3) is 4.84. The summed E-state index contributed by atoms with van der Waals surface area (Å²) in [6, 6.07) is 13.0. The average molecular weight is 493 g/mol. The summed E-state index contributed by atoms with van der Waals surface area (Å²) < 4.78 is 22.4. The van der Waals surface area contributed by atoms with E-state index in [1.807, 2.05) is 42.5 Å². The average Bonchev–Trinajstić information content (AvgIpc) is 3.24. The van der Waals surface area contributed by atoms with Crippen LogP contribution in [0.15, 0.2) is 47.3 Å². The normalized spacial score (nSPS) is 15.0. The molecule has 1 N–H and O–H groups in total. The number of fused-ring (bicyclic) bond motifs is 3. The van der Waals surface area contributed by atoms with Gasteiger partial charge in [-0.3, -0.25) is 4.79 Å². The third-order valence-electron chi connectivity index (χ3n) is 6.25. The largest absolute Gasteiger partial charge is 0.497 e. The number of rotatable bonds is 8. The molecule has 1 atom stereocenters. The van der Waals surface area contributed by atoms with Crippen molar-refractivity contribution < 1.29 is 18.9 Å². The lowest BCUT2D eigenvalue weighted by atomic mass is 9.89. The lowest BCUT2D eigenvalue weighted by Crippen LogP contribution is -2.13. The Morgan fingerprint density at radius 1 is 1.03 bits per heavy atom. The molecule has 1 aliphatic carbocycles. The molecule has 2 aromatic heterocycles. The molecule has 7 nitrogen and oxygen atoms in total. The minimum absolute atomic E-state index is 0.0777. The van der Waals surface area contributed by atoms with E-state index in [0.717, 1.165) is 40.8 Å². The van der Waals surface area contributed by atoms with Crippen LogP contribution >= 0.6 is 11.3 Å². The summed E-state index contributed by atoms with van der Waals surface area (Å²) in [5.41, 5.74) is 1.87. The number of aromatic nitrogens is 2. The maximum absolute atomic E-state index is 13.0. The van der Waals surface area contributed by atoms with Gasteiger partial charge in [-0.1, -0.05) is 13.0 Å². The van der Waals surface area contributed by atoms with Crippen molar-refractivity contribution >= 4 is 21.6 Å². The Hall–Kier alpha value is -3.52. The van der Waals surface area contributed by atoms with E-state index in [4.69, 9.17) is 23.9 Å². The van der Waals surface area contributed by atoms with E-state index in [1.54, 1.807) is 25.6 Å². The maximum Gasteiger partial charge on any atom is 0.260 e. The van der Waals surface area contributed by atoms with Crippen molar-refractivity contribution in [2.45, 2.75) is 26.2 Å². The zero-order valence-corrected chi connectivity index (χ0v) is 20.9. The van der Waals surface area contributed by atoms with E-state index in [9.17, 15) is 4.79 Å². The highest BCUT2D eigenvalue weighted by Gasteiger charge is 2.23. The number of thiophene rings is 1. The Kier molecular flexibility index (Phi) is 6.63. The van der Waals surface area contributed by atoms with E-state index >= 15 is 0 Å².